The van der Waals surface area contributed by atoms with Crippen LogP contribution in [0.15, 0.2) is 157 Å². The van der Waals surface area contributed by atoms with Gasteiger partial charge in [0.1, 0.15) is 49.4 Å². The molecule has 7 rings (SSSR count). The fraction of sp³-hybridized carbons (Fsp3) is 0.116. The van der Waals surface area contributed by atoms with Gasteiger partial charge in [-0.15, -0.1) is 0 Å². The van der Waals surface area contributed by atoms with Gasteiger partial charge >= 0.3 is 0 Å². The maximum absolute atomic E-state index is 15.5. The standard InChI is InChI=1S/C43H35FO5/c44-38-23-35(21-22-39(38)46-28-32-15-7-2-8-16-32)43-42(48-30-34-19-11-4-12-20-34)26-37-40(47-29-33-17-9-3-10-18-33)24-36(25-41(37)49-43)45-27-31-13-5-1-6-14-31/h1-25H,26-30H2. The maximum atomic E-state index is 15.5. The lowest BCUT2D eigenvalue weighted by Gasteiger charge is -2.26. The number of benzene rings is 6. The van der Waals surface area contributed by atoms with E-state index in [1.165, 1.54) is 6.07 Å². The normalized spacial score (nSPS) is 12.1. The molecule has 49 heavy (non-hydrogen) atoms. The average Bonchev–Trinajstić information content (AvgIpc) is 3.16. The first-order chi connectivity index (χ1) is 24.2. The molecule has 0 radical (unpaired) electrons. The van der Waals surface area contributed by atoms with Gasteiger partial charge in [-0.05, 0) is 40.5 Å². The molecule has 0 atom stereocenters. The summed E-state index contributed by atoms with van der Waals surface area (Å²) in [6.07, 6.45) is 0.370. The zero-order valence-corrected chi connectivity index (χ0v) is 26.9. The van der Waals surface area contributed by atoms with Gasteiger partial charge in [-0.2, -0.15) is 0 Å². The van der Waals surface area contributed by atoms with Crippen LogP contribution in [-0.4, -0.2) is 0 Å². The molecule has 1 aliphatic heterocycles. The minimum absolute atomic E-state index is 0.157. The van der Waals surface area contributed by atoms with E-state index < -0.39 is 5.82 Å². The second-order valence-corrected chi connectivity index (χ2v) is 11.7. The fourth-order valence-electron chi connectivity index (χ4n) is 5.53. The fourth-order valence-corrected chi connectivity index (χ4v) is 5.53. The summed E-state index contributed by atoms with van der Waals surface area (Å²) in [7, 11) is 0. The van der Waals surface area contributed by atoms with Crippen molar-refractivity contribution in [3.63, 3.8) is 0 Å². The molecule has 1 aliphatic rings. The SMILES string of the molecule is Fc1cc(C2=C(OCc3ccccc3)Cc3c(OCc4ccccc4)cc(OCc4ccccc4)cc3O2)ccc1OCc1ccccc1. The van der Waals surface area contributed by atoms with Gasteiger partial charge in [-0.25, -0.2) is 4.39 Å². The van der Waals surface area contributed by atoms with Crippen molar-refractivity contribution < 1.29 is 28.1 Å². The highest BCUT2D eigenvalue weighted by Crippen LogP contribution is 2.44. The van der Waals surface area contributed by atoms with E-state index in [4.69, 9.17) is 23.7 Å². The molecule has 0 unspecified atom stereocenters. The van der Waals surface area contributed by atoms with Crippen LogP contribution < -0.4 is 18.9 Å². The smallest absolute Gasteiger partial charge is 0.172 e. The first-order valence-corrected chi connectivity index (χ1v) is 16.2. The Morgan fingerprint density at radius 1 is 0.490 bits per heavy atom. The van der Waals surface area contributed by atoms with Crippen molar-refractivity contribution in [3.8, 4) is 23.0 Å². The highest BCUT2D eigenvalue weighted by Gasteiger charge is 2.28. The highest BCUT2D eigenvalue weighted by molar-refractivity contribution is 5.70. The molecule has 0 saturated carbocycles. The van der Waals surface area contributed by atoms with E-state index in [9.17, 15) is 0 Å². The molecule has 0 aliphatic carbocycles. The van der Waals surface area contributed by atoms with Crippen LogP contribution in [0.3, 0.4) is 0 Å². The number of hydrogen-bond donors (Lipinski definition) is 0. The van der Waals surface area contributed by atoms with Gasteiger partial charge in [-0.1, -0.05) is 121 Å². The molecule has 1 heterocycles. The number of allylic oxidation sites excluding steroid dienone is 1. The summed E-state index contributed by atoms with van der Waals surface area (Å²) in [6, 6.07) is 48.1. The van der Waals surface area contributed by atoms with Crippen molar-refractivity contribution in [2.24, 2.45) is 0 Å². The minimum atomic E-state index is -0.496. The van der Waals surface area contributed by atoms with E-state index in [1.54, 1.807) is 12.1 Å². The molecule has 0 aromatic heterocycles. The molecule has 6 aromatic carbocycles. The van der Waals surface area contributed by atoms with Crippen LogP contribution >= 0.6 is 0 Å². The van der Waals surface area contributed by atoms with Crippen LogP contribution in [0.2, 0.25) is 0 Å². The molecule has 0 bridgehead atoms. The van der Waals surface area contributed by atoms with E-state index in [0.29, 0.717) is 60.6 Å². The predicted molar refractivity (Wildman–Crippen MR) is 188 cm³/mol. The Morgan fingerprint density at radius 2 is 0.980 bits per heavy atom. The number of hydrogen-bond acceptors (Lipinski definition) is 5. The largest absolute Gasteiger partial charge is 0.489 e. The van der Waals surface area contributed by atoms with Crippen molar-refractivity contribution in [2.75, 3.05) is 0 Å². The topological polar surface area (TPSA) is 46.2 Å². The Labute approximate surface area is 285 Å². The molecule has 0 fully saturated rings. The van der Waals surface area contributed by atoms with Crippen LogP contribution in [0.4, 0.5) is 4.39 Å². The maximum Gasteiger partial charge on any atom is 0.172 e. The van der Waals surface area contributed by atoms with Gasteiger partial charge in [0.15, 0.2) is 17.3 Å². The molecule has 6 heteroatoms. The number of fused-ring (bicyclic) bond motifs is 1. The van der Waals surface area contributed by atoms with Gasteiger partial charge in [0, 0.05) is 29.7 Å². The molecule has 6 aromatic rings. The molecular formula is C43H35FO5. The third kappa shape index (κ3) is 8.11. The summed E-state index contributed by atoms with van der Waals surface area (Å²) in [6.45, 7) is 1.31. The lowest BCUT2D eigenvalue weighted by Crippen LogP contribution is -2.14. The summed E-state index contributed by atoms with van der Waals surface area (Å²) in [5.74, 6) is 2.42. The number of rotatable bonds is 13. The van der Waals surface area contributed by atoms with Crippen molar-refractivity contribution >= 4 is 5.76 Å². The zero-order valence-electron chi connectivity index (χ0n) is 26.9. The third-order valence-electron chi connectivity index (χ3n) is 8.12. The van der Waals surface area contributed by atoms with E-state index in [2.05, 4.69) is 0 Å². The Kier molecular flexibility index (Phi) is 9.84. The summed E-state index contributed by atoms with van der Waals surface area (Å²) >= 11 is 0. The summed E-state index contributed by atoms with van der Waals surface area (Å²) in [4.78, 5) is 0. The van der Waals surface area contributed by atoms with Gasteiger partial charge in [0.25, 0.3) is 0 Å². The van der Waals surface area contributed by atoms with Crippen LogP contribution in [0.5, 0.6) is 23.0 Å². The molecule has 0 N–H and O–H groups in total. The lowest BCUT2D eigenvalue weighted by molar-refractivity contribution is 0.182. The van der Waals surface area contributed by atoms with Gasteiger partial charge in [-0.3, -0.25) is 0 Å². The Morgan fingerprint density at radius 3 is 1.51 bits per heavy atom. The highest BCUT2D eigenvalue weighted by atomic mass is 19.1. The van der Waals surface area contributed by atoms with Crippen LogP contribution in [-0.2, 0) is 37.6 Å². The van der Waals surface area contributed by atoms with Crippen LogP contribution in [0.25, 0.3) is 5.76 Å². The van der Waals surface area contributed by atoms with E-state index >= 15 is 4.39 Å². The predicted octanol–water partition coefficient (Wildman–Crippen LogP) is 10.1. The third-order valence-corrected chi connectivity index (χ3v) is 8.12. The van der Waals surface area contributed by atoms with E-state index in [0.717, 1.165) is 27.8 Å². The molecule has 0 saturated heterocycles. The second-order valence-electron chi connectivity index (χ2n) is 11.7. The van der Waals surface area contributed by atoms with Crippen molar-refractivity contribution in [1.82, 2.24) is 0 Å². The molecule has 5 nitrogen and oxygen atoms in total. The Balaban J connectivity index is 1.21. The summed E-state index contributed by atoms with van der Waals surface area (Å²) < 4.78 is 47.1. The quantitative estimate of drug-likeness (QED) is 0.125. The first-order valence-electron chi connectivity index (χ1n) is 16.2. The Bertz CT molecular complexity index is 2010. The molecule has 0 spiro atoms. The van der Waals surface area contributed by atoms with Crippen LogP contribution in [0.1, 0.15) is 33.4 Å². The van der Waals surface area contributed by atoms with Gasteiger partial charge in [0.2, 0.25) is 0 Å². The molecular weight excluding hydrogens is 615 g/mol. The summed E-state index contributed by atoms with van der Waals surface area (Å²) in [5.41, 5.74) is 5.37. The van der Waals surface area contributed by atoms with Gasteiger partial charge < -0.3 is 23.7 Å². The monoisotopic (exact) mass is 650 g/mol. The van der Waals surface area contributed by atoms with Crippen molar-refractivity contribution in [2.45, 2.75) is 32.8 Å². The van der Waals surface area contributed by atoms with Gasteiger partial charge in [0.05, 0.1) is 0 Å². The second kappa shape index (κ2) is 15.3. The van der Waals surface area contributed by atoms with Crippen molar-refractivity contribution in [3.05, 3.63) is 197 Å². The Hall–Kier alpha value is -6.01. The number of halogens is 1. The zero-order chi connectivity index (χ0) is 33.3. The first kappa shape index (κ1) is 31.6. The lowest BCUT2D eigenvalue weighted by atomic mass is 10.0. The minimum Gasteiger partial charge on any atom is -0.489 e. The molecule has 244 valence electrons. The van der Waals surface area contributed by atoms with E-state index in [-0.39, 0.29) is 12.4 Å². The average molecular weight is 651 g/mol. The summed E-state index contributed by atoms with van der Waals surface area (Å²) in [5, 5.41) is 0. The van der Waals surface area contributed by atoms with Crippen molar-refractivity contribution in [1.29, 1.82) is 0 Å². The number of ether oxygens (including phenoxy) is 5. The van der Waals surface area contributed by atoms with E-state index in [1.807, 2.05) is 133 Å². The van der Waals surface area contributed by atoms with Crippen LogP contribution in [0, 0.1) is 5.82 Å². The molecule has 0 amide bonds.